The van der Waals surface area contributed by atoms with Gasteiger partial charge in [-0.3, -0.25) is 9.69 Å². The van der Waals surface area contributed by atoms with E-state index in [9.17, 15) is 4.79 Å². The lowest BCUT2D eigenvalue weighted by Gasteiger charge is -2.31. The summed E-state index contributed by atoms with van der Waals surface area (Å²) in [6.07, 6.45) is 1.67. The second-order valence-corrected chi connectivity index (χ2v) is 5.03. The van der Waals surface area contributed by atoms with Gasteiger partial charge < -0.3 is 20.7 Å². The highest BCUT2D eigenvalue weighted by Gasteiger charge is 2.22. The second kappa shape index (κ2) is 6.42. The number of amides is 1. The first-order valence-corrected chi connectivity index (χ1v) is 6.64. The number of carbonyl (C=O) groups excluding carboxylic acids is 1. The molecule has 1 aromatic heterocycles. The average molecular weight is 280 g/mol. The number of aryl methyl sites for hydroxylation is 1. The lowest BCUT2D eigenvalue weighted by Crippen LogP contribution is -2.46. The van der Waals surface area contributed by atoms with Crippen LogP contribution >= 0.6 is 0 Å². The Hall–Kier alpha value is -2.02. The van der Waals surface area contributed by atoms with Crippen molar-refractivity contribution in [3.63, 3.8) is 0 Å². The van der Waals surface area contributed by atoms with Gasteiger partial charge in [-0.15, -0.1) is 0 Å². The summed E-state index contributed by atoms with van der Waals surface area (Å²) in [5.41, 5.74) is 5.47. The minimum absolute atomic E-state index is 0.136. The molecule has 1 aliphatic heterocycles. The van der Waals surface area contributed by atoms with Crippen LogP contribution in [0.5, 0.6) is 0 Å². The van der Waals surface area contributed by atoms with Gasteiger partial charge in [-0.25, -0.2) is 0 Å². The third kappa shape index (κ3) is 3.74. The summed E-state index contributed by atoms with van der Waals surface area (Å²) >= 11 is 0. The lowest BCUT2D eigenvalue weighted by atomic mass is 10.0. The first-order valence-electron chi connectivity index (χ1n) is 6.64. The van der Waals surface area contributed by atoms with Crippen LogP contribution < -0.4 is 11.1 Å². The minimum Gasteiger partial charge on any atom is -0.456 e. The minimum atomic E-state index is -0.173. The molecular formula is C13H20N4O3. The molecular weight excluding hydrogens is 260 g/mol. The zero-order valence-corrected chi connectivity index (χ0v) is 11.5. The van der Waals surface area contributed by atoms with Crippen LogP contribution in [0.15, 0.2) is 21.7 Å². The van der Waals surface area contributed by atoms with E-state index in [1.165, 1.54) is 0 Å². The van der Waals surface area contributed by atoms with Crippen molar-refractivity contribution in [2.24, 2.45) is 10.9 Å². The van der Waals surface area contributed by atoms with Gasteiger partial charge in [0.25, 0.3) is 5.91 Å². The fourth-order valence-corrected chi connectivity index (χ4v) is 2.31. The fourth-order valence-electron chi connectivity index (χ4n) is 2.31. The van der Waals surface area contributed by atoms with Gasteiger partial charge in [-0.2, -0.15) is 0 Å². The number of hydrogen-bond acceptors (Lipinski definition) is 5. The number of likely N-dealkylation sites (tertiary alicyclic amines) is 1. The number of nitrogens with two attached hydrogens (primary N) is 1. The standard InChI is InChI=1S/C13H20N4O3/c1-9-2-3-11(20-9)13(18)15-10-4-6-17(7-5-10)8-12(14)16-19/h2-3,10,19H,4-8H2,1H3,(H2,14,16)(H,15,18). The number of piperidine rings is 1. The van der Waals surface area contributed by atoms with Crippen molar-refractivity contribution >= 4 is 11.7 Å². The predicted octanol–water partition coefficient (Wildman–Crippen LogP) is 0.529. The highest BCUT2D eigenvalue weighted by Crippen LogP contribution is 2.12. The van der Waals surface area contributed by atoms with E-state index in [1.54, 1.807) is 12.1 Å². The normalized spacial score (nSPS) is 18.1. The Kier molecular flexibility index (Phi) is 4.62. The molecule has 1 amide bonds. The van der Waals surface area contributed by atoms with E-state index in [1.807, 2.05) is 6.92 Å². The Morgan fingerprint density at radius 2 is 2.25 bits per heavy atom. The van der Waals surface area contributed by atoms with Gasteiger partial charge in [0.15, 0.2) is 11.6 Å². The number of nitrogens with one attached hydrogen (secondary N) is 1. The second-order valence-electron chi connectivity index (χ2n) is 5.03. The molecule has 110 valence electrons. The zero-order chi connectivity index (χ0) is 14.5. The van der Waals surface area contributed by atoms with Crippen LogP contribution in [0, 0.1) is 6.92 Å². The highest BCUT2D eigenvalue weighted by atomic mass is 16.4. The SMILES string of the molecule is Cc1ccc(C(=O)NC2CCN(CC(N)=NO)CC2)o1. The molecule has 1 saturated heterocycles. The molecule has 0 aromatic carbocycles. The molecule has 2 rings (SSSR count). The van der Waals surface area contributed by atoms with Crippen LogP contribution in [0.3, 0.4) is 0 Å². The summed E-state index contributed by atoms with van der Waals surface area (Å²) in [6, 6.07) is 3.59. The van der Waals surface area contributed by atoms with E-state index in [2.05, 4.69) is 15.4 Å². The topological polar surface area (TPSA) is 104 Å². The number of oxime groups is 1. The first kappa shape index (κ1) is 14.4. The van der Waals surface area contributed by atoms with Gasteiger partial charge in [-0.05, 0) is 31.9 Å². The average Bonchev–Trinajstić information content (AvgIpc) is 2.87. The van der Waals surface area contributed by atoms with Crippen molar-refractivity contribution in [3.05, 3.63) is 23.7 Å². The van der Waals surface area contributed by atoms with Gasteiger partial charge in [0.1, 0.15) is 5.76 Å². The number of carbonyl (C=O) groups is 1. The molecule has 4 N–H and O–H groups in total. The maximum Gasteiger partial charge on any atom is 0.287 e. The van der Waals surface area contributed by atoms with Crippen LogP contribution in [0.2, 0.25) is 0 Å². The predicted molar refractivity (Wildman–Crippen MR) is 73.8 cm³/mol. The van der Waals surface area contributed by atoms with E-state index in [-0.39, 0.29) is 17.8 Å². The van der Waals surface area contributed by atoms with Crippen LogP contribution in [0.25, 0.3) is 0 Å². The maximum absolute atomic E-state index is 11.9. The smallest absolute Gasteiger partial charge is 0.287 e. The Balaban J connectivity index is 1.78. The molecule has 0 bridgehead atoms. The van der Waals surface area contributed by atoms with Crippen molar-refractivity contribution in [2.75, 3.05) is 19.6 Å². The molecule has 0 unspecified atom stereocenters. The van der Waals surface area contributed by atoms with Crippen LogP contribution in [0.4, 0.5) is 0 Å². The van der Waals surface area contributed by atoms with Crippen LogP contribution in [0.1, 0.15) is 29.2 Å². The molecule has 0 aliphatic carbocycles. The zero-order valence-electron chi connectivity index (χ0n) is 11.5. The Morgan fingerprint density at radius 3 is 2.80 bits per heavy atom. The summed E-state index contributed by atoms with van der Waals surface area (Å²) in [7, 11) is 0. The molecule has 20 heavy (non-hydrogen) atoms. The summed E-state index contributed by atoms with van der Waals surface area (Å²) in [5.74, 6) is 1.11. The largest absolute Gasteiger partial charge is 0.456 e. The van der Waals surface area contributed by atoms with Crippen molar-refractivity contribution < 1.29 is 14.4 Å². The third-order valence-electron chi connectivity index (χ3n) is 3.40. The van der Waals surface area contributed by atoms with Crippen LogP contribution in [-0.4, -0.2) is 47.5 Å². The number of rotatable bonds is 4. The number of amidine groups is 1. The molecule has 7 nitrogen and oxygen atoms in total. The van der Waals surface area contributed by atoms with Gasteiger partial charge in [-0.1, -0.05) is 5.16 Å². The van der Waals surface area contributed by atoms with E-state index in [4.69, 9.17) is 15.4 Å². The van der Waals surface area contributed by atoms with Gasteiger partial charge in [0.05, 0.1) is 6.54 Å². The lowest BCUT2D eigenvalue weighted by molar-refractivity contribution is 0.0885. The summed E-state index contributed by atoms with van der Waals surface area (Å²) in [5, 5.41) is 14.5. The fraction of sp³-hybridized carbons (Fsp3) is 0.538. The van der Waals surface area contributed by atoms with Crippen molar-refractivity contribution in [2.45, 2.75) is 25.8 Å². The Bertz CT molecular complexity index is 490. The van der Waals surface area contributed by atoms with Gasteiger partial charge in [0.2, 0.25) is 0 Å². The quantitative estimate of drug-likeness (QED) is 0.323. The third-order valence-corrected chi connectivity index (χ3v) is 3.40. The summed E-state index contributed by atoms with van der Waals surface area (Å²) in [6.45, 7) is 3.87. The van der Waals surface area contributed by atoms with Crippen molar-refractivity contribution in [1.29, 1.82) is 0 Å². The molecule has 1 fully saturated rings. The molecule has 0 radical (unpaired) electrons. The maximum atomic E-state index is 11.9. The molecule has 7 heteroatoms. The summed E-state index contributed by atoms with van der Waals surface area (Å²) in [4.78, 5) is 14.0. The van der Waals surface area contributed by atoms with E-state index in [0.717, 1.165) is 31.7 Å². The number of nitrogens with zero attached hydrogens (tertiary/aromatic N) is 2. The first-order chi connectivity index (χ1) is 9.58. The van der Waals surface area contributed by atoms with E-state index in [0.29, 0.717) is 12.3 Å². The molecule has 2 heterocycles. The highest BCUT2D eigenvalue weighted by molar-refractivity contribution is 5.91. The number of hydrogen-bond donors (Lipinski definition) is 3. The van der Waals surface area contributed by atoms with Gasteiger partial charge >= 0.3 is 0 Å². The Labute approximate surface area is 117 Å². The molecule has 0 atom stereocenters. The van der Waals surface area contributed by atoms with E-state index >= 15 is 0 Å². The van der Waals surface area contributed by atoms with Gasteiger partial charge in [0, 0.05) is 19.1 Å². The van der Waals surface area contributed by atoms with Crippen LogP contribution in [-0.2, 0) is 0 Å². The molecule has 0 saturated carbocycles. The Morgan fingerprint density at radius 1 is 1.55 bits per heavy atom. The van der Waals surface area contributed by atoms with Crippen molar-refractivity contribution in [1.82, 2.24) is 10.2 Å². The summed E-state index contributed by atoms with van der Waals surface area (Å²) < 4.78 is 5.29. The molecule has 1 aromatic rings. The monoisotopic (exact) mass is 280 g/mol. The molecule has 1 aliphatic rings. The van der Waals surface area contributed by atoms with E-state index < -0.39 is 0 Å². The molecule has 0 spiro atoms. The van der Waals surface area contributed by atoms with Crippen molar-refractivity contribution in [3.8, 4) is 0 Å². The number of furan rings is 1.